The molecule has 0 aliphatic heterocycles. The van der Waals surface area contributed by atoms with Gasteiger partial charge in [0.25, 0.3) is 0 Å². The number of hydrogen-bond donors (Lipinski definition) is 1. The SMILES string of the molecule is Nn1c(SCc2ccc(Br)cc2)nnc1-c1cccc(F)c1. The van der Waals surface area contributed by atoms with E-state index in [1.807, 2.05) is 24.3 Å². The fraction of sp³-hybridized carbons (Fsp3) is 0.0667. The van der Waals surface area contributed by atoms with Crippen LogP contribution in [0.3, 0.4) is 0 Å². The second-order valence-electron chi connectivity index (χ2n) is 4.60. The highest BCUT2D eigenvalue weighted by Crippen LogP contribution is 2.25. The van der Waals surface area contributed by atoms with Crippen LogP contribution in [0, 0.1) is 5.82 Å². The summed E-state index contributed by atoms with van der Waals surface area (Å²) in [6.45, 7) is 0. The third-order valence-electron chi connectivity index (χ3n) is 3.03. The number of hydrogen-bond acceptors (Lipinski definition) is 4. The number of nitrogen functional groups attached to an aromatic ring is 1. The van der Waals surface area contributed by atoms with Gasteiger partial charge < -0.3 is 5.84 Å². The van der Waals surface area contributed by atoms with Gasteiger partial charge in [0.2, 0.25) is 5.16 Å². The largest absolute Gasteiger partial charge is 0.335 e. The van der Waals surface area contributed by atoms with Gasteiger partial charge in [-0.2, -0.15) is 0 Å². The minimum Gasteiger partial charge on any atom is -0.335 e. The molecule has 1 aromatic heterocycles. The third-order valence-corrected chi connectivity index (χ3v) is 4.57. The molecule has 0 amide bonds. The molecule has 3 aromatic rings. The van der Waals surface area contributed by atoms with Crippen LogP contribution in [0.5, 0.6) is 0 Å². The van der Waals surface area contributed by atoms with E-state index >= 15 is 0 Å². The number of rotatable bonds is 4. The van der Waals surface area contributed by atoms with Gasteiger partial charge in [-0.15, -0.1) is 10.2 Å². The van der Waals surface area contributed by atoms with Crippen molar-refractivity contribution in [1.82, 2.24) is 14.9 Å². The van der Waals surface area contributed by atoms with Crippen molar-refractivity contribution in [2.24, 2.45) is 0 Å². The van der Waals surface area contributed by atoms with Crippen molar-refractivity contribution < 1.29 is 4.39 Å². The average molecular weight is 379 g/mol. The van der Waals surface area contributed by atoms with E-state index in [0.717, 1.165) is 15.8 Å². The molecule has 22 heavy (non-hydrogen) atoms. The van der Waals surface area contributed by atoms with E-state index in [9.17, 15) is 4.39 Å². The first kappa shape index (κ1) is 15.1. The van der Waals surface area contributed by atoms with Crippen LogP contribution in [0.4, 0.5) is 4.39 Å². The van der Waals surface area contributed by atoms with Gasteiger partial charge in [0.05, 0.1) is 0 Å². The summed E-state index contributed by atoms with van der Waals surface area (Å²) in [5, 5.41) is 8.71. The number of nitrogens with two attached hydrogens (primary N) is 1. The van der Waals surface area contributed by atoms with Crippen molar-refractivity contribution in [1.29, 1.82) is 0 Å². The Morgan fingerprint density at radius 1 is 1.14 bits per heavy atom. The van der Waals surface area contributed by atoms with E-state index in [4.69, 9.17) is 5.84 Å². The van der Waals surface area contributed by atoms with Crippen LogP contribution in [0.2, 0.25) is 0 Å². The Balaban J connectivity index is 1.77. The fourth-order valence-electron chi connectivity index (χ4n) is 1.93. The molecular formula is C15H12BrFN4S. The predicted octanol–water partition coefficient (Wildman–Crippen LogP) is 3.85. The number of benzene rings is 2. The smallest absolute Gasteiger partial charge is 0.210 e. The lowest BCUT2D eigenvalue weighted by atomic mass is 10.2. The molecule has 0 unspecified atom stereocenters. The summed E-state index contributed by atoms with van der Waals surface area (Å²) in [5.41, 5.74) is 1.76. The molecule has 0 saturated heterocycles. The summed E-state index contributed by atoms with van der Waals surface area (Å²) in [4.78, 5) is 0. The van der Waals surface area contributed by atoms with E-state index in [1.165, 1.54) is 28.6 Å². The van der Waals surface area contributed by atoms with Gasteiger partial charge in [-0.3, -0.25) is 0 Å². The molecule has 1 heterocycles. The maximum absolute atomic E-state index is 13.3. The number of halogens is 2. The summed E-state index contributed by atoms with van der Waals surface area (Å²) < 4.78 is 15.7. The highest BCUT2D eigenvalue weighted by molar-refractivity contribution is 9.10. The maximum Gasteiger partial charge on any atom is 0.210 e. The highest BCUT2D eigenvalue weighted by Gasteiger charge is 2.12. The molecular weight excluding hydrogens is 367 g/mol. The molecule has 0 spiro atoms. The molecule has 0 saturated carbocycles. The van der Waals surface area contributed by atoms with Crippen LogP contribution in [0.25, 0.3) is 11.4 Å². The molecule has 0 radical (unpaired) electrons. The van der Waals surface area contributed by atoms with Gasteiger partial charge in [-0.1, -0.05) is 52.0 Å². The van der Waals surface area contributed by atoms with Crippen molar-refractivity contribution in [3.63, 3.8) is 0 Å². The second kappa shape index (κ2) is 6.50. The van der Waals surface area contributed by atoms with Gasteiger partial charge >= 0.3 is 0 Å². The molecule has 7 heteroatoms. The second-order valence-corrected chi connectivity index (χ2v) is 6.46. The zero-order valence-corrected chi connectivity index (χ0v) is 13.8. The van der Waals surface area contributed by atoms with Gasteiger partial charge in [0.15, 0.2) is 5.82 Å². The Hall–Kier alpha value is -1.86. The lowest BCUT2D eigenvalue weighted by molar-refractivity contribution is 0.628. The Bertz CT molecular complexity index is 788. The molecule has 0 aliphatic rings. The van der Waals surface area contributed by atoms with Crippen molar-refractivity contribution >= 4 is 27.7 Å². The first-order valence-corrected chi connectivity index (χ1v) is 8.25. The van der Waals surface area contributed by atoms with Crippen LogP contribution < -0.4 is 5.84 Å². The van der Waals surface area contributed by atoms with E-state index in [1.54, 1.807) is 12.1 Å². The lowest BCUT2D eigenvalue weighted by Crippen LogP contribution is -2.11. The molecule has 112 valence electrons. The molecule has 0 atom stereocenters. The standard InChI is InChI=1S/C15H12BrFN4S/c16-12-6-4-10(5-7-12)9-22-15-20-19-14(21(15)18)11-2-1-3-13(17)8-11/h1-8H,9,18H2. The topological polar surface area (TPSA) is 56.7 Å². The van der Waals surface area contributed by atoms with Crippen LogP contribution in [0.15, 0.2) is 58.2 Å². The van der Waals surface area contributed by atoms with Crippen molar-refractivity contribution in [3.05, 3.63) is 64.4 Å². The zero-order valence-electron chi connectivity index (χ0n) is 11.4. The Labute approximate surface area is 139 Å². The third kappa shape index (κ3) is 3.31. The lowest BCUT2D eigenvalue weighted by Gasteiger charge is -2.04. The van der Waals surface area contributed by atoms with Gasteiger partial charge in [0, 0.05) is 15.8 Å². The Morgan fingerprint density at radius 2 is 1.91 bits per heavy atom. The summed E-state index contributed by atoms with van der Waals surface area (Å²) in [7, 11) is 0. The van der Waals surface area contributed by atoms with E-state index in [0.29, 0.717) is 16.5 Å². The quantitative estimate of drug-likeness (QED) is 0.553. The fourth-order valence-corrected chi connectivity index (χ4v) is 3.01. The summed E-state index contributed by atoms with van der Waals surface area (Å²) in [6.07, 6.45) is 0. The number of aromatic nitrogens is 3. The van der Waals surface area contributed by atoms with E-state index in [2.05, 4.69) is 26.1 Å². The zero-order chi connectivity index (χ0) is 15.5. The van der Waals surface area contributed by atoms with Gasteiger partial charge in [0.1, 0.15) is 5.82 Å². The molecule has 2 aromatic carbocycles. The molecule has 4 nitrogen and oxygen atoms in total. The Kier molecular flexibility index (Phi) is 4.44. The molecule has 2 N–H and O–H groups in total. The van der Waals surface area contributed by atoms with Crippen molar-refractivity contribution in [2.75, 3.05) is 5.84 Å². The van der Waals surface area contributed by atoms with E-state index in [-0.39, 0.29) is 5.82 Å². The normalized spacial score (nSPS) is 10.8. The molecule has 0 bridgehead atoms. The molecule has 0 fully saturated rings. The summed E-state index contributed by atoms with van der Waals surface area (Å²) >= 11 is 4.89. The number of thioether (sulfide) groups is 1. The van der Waals surface area contributed by atoms with Crippen molar-refractivity contribution in [2.45, 2.75) is 10.9 Å². The number of nitrogens with zero attached hydrogens (tertiary/aromatic N) is 3. The monoisotopic (exact) mass is 378 g/mol. The van der Waals surface area contributed by atoms with Gasteiger partial charge in [-0.05, 0) is 29.8 Å². The first-order valence-electron chi connectivity index (χ1n) is 6.47. The van der Waals surface area contributed by atoms with Crippen LogP contribution in [-0.2, 0) is 5.75 Å². The van der Waals surface area contributed by atoms with Crippen molar-refractivity contribution in [3.8, 4) is 11.4 Å². The molecule has 3 rings (SSSR count). The van der Waals surface area contributed by atoms with Crippen LogP contribution in [0.1, 0.15) is 5.56 Å². The minimum atomic E-state index is -0.329. The maximum atomic E-state index is 13.3. The predicted molar refractivity (Wildman–Crippen MR) is 89.3 cm³/mol. The van der Waals surface area contributed by atoms with Crippen LogP contribution >= 0.6 is 27.7 Å². The highest BCUT2D eigenvalue weighted by atomic mass is 79.9. The molecule has 0 aliphatic carbocycles. The average Bonchev–Trinajstić information content (AvgIpc) is 2.88. The van der Waals surface area contributed by atoms with E-state index < -0.39 is 0 Å². The van der Waals surface area contributed by atoms with Gasteiger partial charge in [-0.25, -0.2) is 9.07 Å². The summed E-state index contributed by atoms with van der Waals surface area (Å²) in [5.74, 6) is 6.86. The van der Waals surface area contributed by atoms with Crippen LogP contribution in [-0.4, -0.2) is 14.9 Å². The summed E-state index contributed by atoms with van der Waals surface area (Å²) in [6, 6.07) is 14.2. The first-order chi connectivity index (χ1) is 10.6. The minimum absolute atomic E-state index is 0.329. The Morgan fingerprint density at radius 3 is 2.64 bits per heavy atom.